The Morgan fingerprint density at radius 3 is 2.56 bits per heavy atom. The molecule has 1 aromatic carbocycles. The fraction of sp³-hybridized carbons (Fsp3) is 0.500. The lowest BCUT2D eigenvalue weighted by Gasteiger charge is -2.29. The Morgan fingerprint density at radius 2 is 2.06 bits per heavy atom. The highest BCUT2D eigenvalue weighted by Crippen LogP contribution is 2.26. The Labute approximate surface area is 113 Å². The predicted molar refractivity (Wildman–Crippen MR) is 72.5 cm³/mol. The number of amides is 1. The van der Waals surface area contributed by atoms with E-state index < -0.39 is 5.82 Å². The van der Waals surface area contributed by atoms with E-state index in [-0.39, 0.29) is 11.3 Å². The van der Waals surface area contributed by atoms with Gasteiger partial charge in [-0.15, -0.1) is 11.6 Å². The number of hydrogen-bond donors (Lipinski definition) is 1. The van der Waals surface area contributed by atoms with Crippen molar-refractivity contribution in [2.24, 2.45) is 5.41 Å². The minimum atomic E-state index is -0.405. The number of carbonyl (C=O) groups is 1. The predicted octanol–water partition coefficient (Wildman–Crippen LogP) is 3.60. The molecule has 0 saturated carbocycles. The normalized spacial score (nSPS) is 11.3. The molecule has 0 spiro atoms. The van der Waals surface area contributed by atoms with Crippen LogP contribution in [-0.4, -0.2) is 18.3 Å². The van der Waals surface area contributed by atoms with Gasteiger partial charge in [0.1, 0.15) is 5.82 Å². The van der Waals surface area contributed by atoms with Crippen molar-refractivity contribution in [2.45, 2.75) is 26.7 Å². The highest BCUT2D eigenvalue weighted by atomic mass is 35.5. The van der Waals surface area contributed by atoms with Crippen LogP contribution in [0, 0.1) is 11.2 Å². The number of alkyl halides is 1. The van der Waals surface area contributed by atoms with Crippen LogP contribution in [0.4, 0.5) is 4.39 Å². The Kier molecular flexibility index (Phi) is 5.60. The molecule has 0 aliphatic heterocycles. The molecule has 18 heavy (non-hydrogen) atoms. The molecule has 0 saturated heterocycles. The van der Waals surface area contributed by atoms with Crippen molar-refractivity contribution in [2.75, 3.05) is 12.4 Å². The van der Waals surface area contributed by atoms with Gasteiger partial charge in [0.15, 0.2) is 0 Å². The SMILES string of the molecule is CCC(CC)(CCl)CNC(=O)c1cccc(F)c1. The van der Waals surface area contributed by atoms with Crippen LogP contribution in [0.3, 0.4) is 0 Å². The molecule has 1 N–H and O–H groups in total. The Balaban J connectivity index is 2.66. The zero-order chi connectivity index (χ0) is 13.6. The second-order valence-electron chi connectivity index (χ2n) is 4.53. The first-order valence-corrected chi connectivity index (χ1v) is 6.70. The molecular formula is C14H19ClFNO. The second kappa shape index (κ2) is 6.74. The number of carbonyl (C=O) groups excluding carboxylic acids is 1. The first kappa shape index (κ1) is 15.0. The fourth-order valence-electron chi connectivity index (χ4n) is 1.74. The third kappa shape index (κ3) is 3.70. The van der Waals surface area contributed by atoms with Gasteiger partial charge in [0, 0.05) is 23.4 Å². The summed E-state index contributed by atoms with van der Waals surface area (Å²) in [6.45, 7) is 4.62. The molecule has 1 rings (SSSR count). The van der Waals surface area contributed by atoms with Gasteiger partial charge in [-0.3, -0.25) is 4.79 Å². The van der Waals surface area contributed by atoms with E-state index in [2.05, 4.69) is 19.2 Å². The molecule has 0 heterocycles. The first-order valence-electron chi connectivity index (χ1n) is 6.16. The van der Waals surface area contributed by atoms with Crippen LogP contribution in [0.1, 0.15) is 37.0 Å². The van der Waals surface area contributed by atoms with Gasteiger partial charge in [0.2, 0.25) is 0 Å². The van der Waals surface area contributed by atoms with Crippen LogP contribution in [0.2, 0.25) is 0 Å². The Bertz CT molecular complexity index is 396. The molecule has 0 bridgehead atoms. The first-order chi connectivity index (χ1) is 8.56. The minimum absolute atomic E-state index is 0.0788. The molecule has 0 aliphatic carbocycles. The maximum Gasteiger partial charge on any atom is 0.251 e. The number of rotatable bonds is 6. The van der Waals surface area contributed by atoms with E-state index in [0.29, 0.717) is 18.0 Å². The van der Waals surface area contributed by atoms with Crippen LogP contribution < -0.4 is 5.32 Å². The lowest BCUT2D eigenvalue weighted by Crippen LogP contribution is -2.38. The number of nitrogens with one attached hydrogen (secondary N) is 1. The molecule has 4 heteroatoms. The van der Waals surface area contributed by atoms with Gasteiger partial charge in [-0.05, 0) is 31.0 Å². The van der Waals surface area contributed by atoms with Gasteiger partial charge in [0.05, 0.1) is 0 Å². The van der Waals surface area contributed by atoms with Crippen molar-refractivity contribution in [1.29, 1.82) is 0 Å². The summed E-state index contributed by atoms with van der Waals surface area (Å²) in [6.07, 6.45) is 1.80. The van der Waals surface area contributed by atoms with E-state index in [1.165, 1.54) is 18.2 Å². The standard InChI is InChI=1S/C14H19ClFNO/c1-3-14(4-2,9-15)10-17-13(18)11-6-5-7-12(16)8-11/h5-8H,3-4,9-10H2,1-2H3,(H,17,18). The van der Waals surface area contributed by atoms with E-state index in [4.69, 9.17) is 11.6 Å². The quantitative estimate of drug-likeness (QED) is 0.787. The molecule has 0 aliphatic rings. The zero-order valence-electron chi connectivity index (χ0n) is 10.8. The molecule has 1 aromatic rings. The lowest BCUT2D eigenvalue weighted by molar-refractivity contribution is 0.0931. The van der Waals surface area contributed by atoms with Crippen LogP contribution >= 0.6 is 11.6 Å². The average molecular weight is 272 g/mol. The van der Waals surface area contributed by atoms with Gasteiger partial charge in [0.25, 0.3) is 5.91 Å². The third-order valence-corrected chi connectivity index (χ3v) is 4.06. The minimum Gasteiger partial charge on any atom is -0.351 e. The lowest BCUT2D eigenvalue weighted by atomic mass is 9.84. The maximum absolute atomic E-state index is 13.0. The molecule has 1 amide bonds. The maximum atomic E-state index is 13.0. The number of benzene rings is 1. The summed E-state index contributed by atoms with van der Waals surface area (Å²) in [5.41, 5.74) is 0.260. The highest BCUT2D eigenvalue weighted by molar-refractivity contribution is 6.18. The monoisotopic (exact) mass is 271 g/mol. The van der Waals surface area contributed by atoms with Gasteiger partial charge in [-0.2, -0.15) is 0 Å². The van der Waals surface area contributed by atoms with Crippen molar-refractivity contribution in [1.82, 2.24) is 5.32 Å². The number of hydrogen-bond acceptors (Lipinski definition) is 1. The summed E-state index contributed by atoms with van der Waals surface area (Å²) in [5, 5.41) is 2.83. The molecule has 0 atom stereocenters. The van der Waals surface area contributed by atoms with Crippen molar-refractivity contribution in [3.05, 3.63) is 35.6 Å². The molecule has 0 unspecified atom stereocenters. The molecule has 2 nitrogen and oxygen atoms in total. The van der Waals surface area contributed by atoms with Gasteiger partial charge < -0.3 is 5.32 Å². The van der Waals surface area contributed by atoms with Crippen molar-refractivity contribution in [3.63, 3.8) is 0 Å². The summed E-state index contributed by atoms with van der Waals surface area (Å²) >= 11 is 5.97. The van der Waals surface area contributed by atoms with Crippen molar-refractivity contribution in [3.8, 4) is 0 Å². The fourth-order valence-corrected chi connectivity index (χ4v) is 2.21. The van der Waals surface area contributed by atoms with E-state index >= 15 is 0 Å². The largest absolute Gasteiger partial charge is 0.351 e. The van der Waals surface area contributed by atoms with Gasteiger partial charge >= 0.3 is 0 Å². The van der Waals surface area contributed by atoms with E-state index in [1.807, 2.05) is 0 Å². The second-order valence-corrected chi connectivity index (χ2v) is 4.80. The summed E-state index contributed by atoms with van der Waals surface area (Å²) < 4.78 is 13.0. The Morgan fingerprint density at radius 1 is 1.39 bits per heavy atom. The third-order valence-electron chi connectivity index (χ3n) is 3.49. The van der Waals surface area contributed by atoms with E-state index in [9.17, 15) is 9.18 Å². The molecule has 0 fully saturated rings. The van der Waals surface area contributed by atoms with E-state index in [0.717, 1.165) is 12.8 Å². The van der Waals surface area contributed by atoms with Crippen molar-refractivity contribution < 1.29 is 9.18 Å². The van der Waals surface area contributed by atoms with Crippen LogP contribution in [0.25, 0.3) is 0 Å². The van der Waals surface area contributed by atoms with E-state index in [1.54, 1.807) is 6.07 Å². The molecule has 100 valence electrons. The van der Waals surface area contributed by atoms with Crippen LogP contribution in [-0.2, 0) is 0 Å². The summed E-state index contributed by atoms with van der Waals surface area (Å²) in [5.74, 6) is -0.160. The highest BCUT2D eigenvalue weighted by Gasteiger charge is 2.25. The average Bonchev–Trinajstić information content (AvgIpc) is 2.40. The molecular weight excluding hydrogens is 253 g/mol. The topological polar surface area (TPSA) is 29.1 Å². The summed E-state index contributed by atoms with van der Waals surface area (Å²) in [7, 11) is 0. The van der Waals surface area contributed by atoms with Crippen molar-refractivity contribution >= 4 is 17.5 Å². The van der Waals surface area contributed by atoms with Gasteiger partial charge in [-0.1, -0.05) is 19.9 Å². The van der Waals surface area contributed by atoms with Gasteiger partial charge in [-0.25, -0.2) is 4.39 Å². The summed E-state index contributed by atoms with van der Waals surface area (Å²) in [6, 6.07) is 5.67. The molecule has 0 aromatic heterocycles. The van der Waals surface area contributed by atoms with Crippen LogP contribution in [0.5, 0.6) is 0 Å². The summed E-state index contributed by atoms with van der Waals surface area (Å²) in [4.78, 5) is 11.9. The van der Waals surface area contributed by atoms with Crippen LogP contribution in [0.15, 0.2) is 24.3 Å². The number of halogens is 2. The molecule has 0 radical (unpaired) electrons. The smallest absolute Gasteiger partial charge is 0.251 e. The zero-order valence-corrected chi connectivity index (χ0v) is 11.6. The Hall–Kier alpha value is -1.09.